The van der Waals surface area contributed by atoms with Crippen LogP contribution in [0, 0.1) is 5.92 Å². The van der Waals surface area contributed by atoms with Crippen LogP contribution in [0.15, 0.2) is 27.6 Å². The van der Waals surface area contributed by atoms with Crippen LogP contribution in [0.2, 0.25) is 0 Å². The molecule has 1 atom stereocenters. The number of carbonyl (C=O) groups excluding carboxylic acids is 1. The van der Waals surface area contributed by atoms with E-state index in [1.807, 2.05) is 4.90 Å². The molecule has 0 N–H and O–H groups in total. The van der Waals surface area contributed by atoms with Crippen molar-refractivity contribution in [3.05, 3.63) is 28.9 Å². The minimum absolute atomic E-state index is 0.0274. The molecule has 2 aliphatic rings. The SMILES string of the molecule is CC1CCN(C(=O)C(C)n2nc(-c3ccco3)n(C3CC3)c2=O)CC1. The van der Waals surface area contributed by atoms with Gasteiger partial charge in [-0.25, -0.2) is 9.48 Å². The first-order valence-corrected chi connectivity index (χ1v) is 9.10. The molecule has 4 rings (SSSR count). The van der Waals surface area contributed by atoms with Gasteiger partial charge in [0.2, 0.25) is 11.7 Å². The molecule has 0 radical (unpaired) electrons. The van der Waals surface area contributed by atoms with Gasteiger partial charge in [0.05, 0.1) is 6.26 Å². The predicted molar refractivity (Wildman–Crippen MR) is 92.1 cm³/mol. The number of rotatable bonds is 4. The number of likely N-dealkylation sites (tertiary alicyclic amines) is 1. The highest BCUT2D eigenvalue weighted by Crippen LogP contribution is 2.36. The fourth-order valence-corrected chi connectivity index (χ4v) is 3.48. The van der Waals surface area contributed by atoms with Gasteiger partial charge in [-0.2, -0.15) is 0 Å². The van der Waals surface area contributed by atoms with Crippen LogP contribution in [0.1, 0.15) is 51.6 Å². The van der Waals surface area contributed by atoms with Crippen LogP contribution in [-0.2, 0) is 4.79 Å². The van der Waals surface area contributed by atoms with Gasteiger partial charge in [-0.15, -0.1) is 5.10 Å². The van der Waals surface area contributed by atoms with Gasteiger partial charge >= 0.3 is 5.69 Å². The Morgan fingerprint density at radius 2 is 2.00 bits per heavy atom. The number of furan rings is 1. The fraction of sp³-hybridized carbons (Fsp3) is 0.611. The lowest BCUT2D eigenvalue weighted by molar-refractivity contribution is -0.136. The van der Waals surface area contributed by atoms with Gasteiger partial charge in [-0.1, -0.05) is 6.92 Å². The highest BCUT2D eigenvalue weighted by molar-refractivity contribution is 5.80. The van der Waals surface area contributed by atoms with Crippen LogP contribution in [0.25, 0.3) is 11.6 Å². The molecule has 25 heavy (non-hydrogen) atoms. The summed E-state index contributed by atoms with van der Waals surface area (Å²) < 4.78 is 8.46. The van der Waals surface area contributed by atoms with E-state index in [1.54, 1.807) is 29.9 Å². The van der Waals surface area contributed by atoms with Gasteiger partial charge in [-0.3, -0.25) is 9.36 Å². The molecule has 0 aromatic carbocycles. The molecule has 7 nitrogen and oxygen atoms in total. The van der Waals surface area contributed by atoms with E-state index in [4.69, 9.17) is 4.42 Å². The Balaban J connectivity index is 1.65. The van der Waals surface area contributed by atoms with Gasteiger partial charge in [-0.05, 0) is 50.7 Å². The van der Waals surface area contributed by atoms with Crippen molar-refractivity contribution in [2.75, 3.05) is 13.1 Å². The van der Waals surface area contributed by atoms with Gasteiger partial charge in [0.25, 0.3) is 0 Å². The molecule has 1 aliphatic heterocycles. The Bertz CT molecular complexity index is 808. The molecule has 1 aliphatic carbocycles. The fourth-order valence-electron chi connectivity index (χ4n) is 3.48. The molecule has 2 aromatic rings. The topological polar surface area (TPSA) is 73.3 Å². The molecular weight excluding hydrogens is 320 g/mol. The number of amides is 1. The molecule has 134 valence electrons. The molecule has 1 amide bonds. The molecule has 3 heterocycles. The lowest BCUT2D eigenvalue weighted by atomic mass is 9.99. The number of hydrogen-bond donors (Lipinski definition) is 0. The maximum Gasteiger partial charge on any atom is 0.347 e. The lowest BCUT2D eigenvalue weighted by Crippen LogP contribution is -2.43. The second-order valence-corrected chi connectivity index (χ2v) is 7.31. The number of nitrogens with zero attached hydrogens (tertiary/aromatic N) is 4. The summed E-state index contributed by atoms with van der Waals surface area (Å²) in [6, 6.07) is 3.14. The smallest absolute Gasteiger partial charge is 0.347 e. The largest absolute Gasteiger partial charge is 0.461 e. The molecule has 2 aromatic heterocycles. The summed E-state index contributed by atoms with van der Waals surface area (Å²) in [6.07, 6.45) is 5.53. The molecule has 1 saturated heterocycles. The van der Waals surface area contributed by atoms with Crippen molar-refractivity contribution in [2.24, 2.45) is 5.92 Å². The summed E-state index contributed by atoms with van der Waals surface area (Å²) in [5.41, 5.74) is -0.222. The first kappa shape index (κ1) is 16.2. The van der Waals surface area contributed by atoms with E-state index in [0.717, 1.165) is 38.8 Å². The maximum absolute atomic E-state index is 12.9. The third-order valence-corrected chi connectivity index (χ3v) is 5.31. The Kier molecular flexibility index (Phi) is 4.01. The molecule has 1 saturated carbocycles. The second-order valence-electron chi connectivity index (χ2n) is 7.31. The van der Waals surface area contributed by atoms with Crippen LogP contribution in [0.4, 0.5) is 0 Å². The highest BCUT2D eigenvalue weighted by atomic mass is 16.3. The zero-order valence-electron chi connectivity index (χ0n) is 14.7. The summed E-state index contributed by atoms with van der Waals surface area (Å²) in [5, 5.41) is 4.47. The van der Waals surface area contributed by atoms with Crippen LogP contribution in [0.5, 0.6) is 0 Å². The van der Waals surface area contributed by atoms with Crippen LogP contribution in [0.3, 0.4) is 0 Å². The van der Waals surface area contributed by atoms with Crippen LogP contribution in [-0.4, -0.2) is 38.2 Å². The number of hydrogen-bond acceptors (Lipinski definition) is 4. The average Bonchev–Trinajstić information content (AvgIpc) is 3.17. The monoisotopic (exact) mass is 344 g/mol. The van der Waals surface area contributed by atoms with Gasteiger partial charge < -0.3 is 9.32 Å². The number of aromatic nitrogens is 3. The third kappa shape index (κ3) is 2.92. The summed E-state index contributed by atoms with van der Waals surface area (Å²) in [6.45, 7) is 5.49. The van der Waals surface area contributed by atoms with Crippen LogP contribution < -0.4 is 5.69 Å². The van der Waals surface area contributed by atoms with Crippen molar-refractivity contribution in [3.8, 4) is 11.6 Å². The zero-order chi connectivity index (χ0) is 17.6. The van der Waals surface area contributed by atoms with E-state index in [2.05, 4.69) is 12.0 Å². The highest BCUT2D eigenvalue weighted by Gasteiger charge is 2.34. The first-order valence-electron chi connectivity index (χ1n) is 9.10. The van der Waals surface area contributed by atoms with Crippen molar-refractivity contribution in [1.29, 1.82) is 0 Å². The van der Waals surface area contributed by atoms with Gasteiger partial charge in [0.1, 0.15) is 6.04 Å². The summed E-state index contributed by atoms with van der Waals surface area (Å²) in [4.78, 5) is 27.6. The minimum Gasteiger partial charge on any atom is -0.461 e. The number of carbonyl (C=O) groups is 1. The molecule has 0 spiro atoms. The van der Waals surface area contributed by atoms with Crippen LogP contribution >= 0.6 is 0 Å². The van der Waals surface area contributed by atoms with E-state index in [1.165, 1.54) is 4.68 Å². The van der Waals surface area contributed by atoms with Crippen molar-refractivity contribution in [2.45, 2.75) is 51.6 Å². The standard InChI is InChI=1S/C18H24N4O3/c1-12-7-9-20(10-8-12)17(23)13(2)22-18(24)21(14-5-6-14)16(19-22)15-4-3-11-25-15/h3-4,11-14H,5-10H2,1-2H3. The van der Waals surface area contributed by atoms with Crippen molar-refractivity contribution >= 4 is 5.91 Å². The normalized spacial score (nSPS) is 20.0. The Hall–Kier alpha value is -2.31. The maximum atomic E-state index is 12.9. The molecular formula is C18H24N4O3. The Morgan fingerprint density at radius 3 is 2.60 bits per heavy atom. The Morgan fingerprint density at radius 1 is 1.28 bits per heavy atom. The third-order valence-electron chi connectivity index (χ3n) is 5.31. The zero-order valence-corrected chi connectivity index (χ0v) is 14.7. The summed E-state index contributed by atoms with van der Waals surface area (Å²) >= 11 is 0. The Labute approximate surface area is 146 Å². The summed E-state index contributed by atoms with van der Waals surface area (Å²) in [7, 11) is 0. The molecule has 7 heteroatoms. The predicted octanol–water partition coefficient (Wildman–Crippen LogP) is 2.46. The molecule has 0 bridgehead atoms. The van der Waals surface area contributed by atoms with E-state index in [-0.39, 0.29) is 17.6 Å². The van der Waals surface area contributed by atoms with E-state index in [0.29, 0.717) is 17.5 Å². The molecule has 1 unspecified atom stereocenters. The van der Waals surface area contributed by atoms with Gasteiger partial charge in [0.15, 0.2) is 5.76 Å². The average molecular weight is 344 g/mol. The quantitative estimate of drug-likeness (QED) is 0.854. The van der Waals surface area contributed by atoms with Crippen molar-refractivity contribution < 1.29 is 9.21 Å². The van der Waals surface area contributed by atoms with Crippen molar-refractivity contribution in [3.63, 3.8) is 0 Å². The number of piperidine rings is 1. The van der Waals surface area contributed by atoms with Gasteiger partial charge in [0, 0.05) is 19.1 Å². The van der Waals surface area contributed by atoms with E-state index < -0.39 is 6.04 Å². The second kappa shape index (κ2) is 6.20. The first-order chi connectivity index (χ1) is 12.1. The van der Waals surface area contributed by atoms with E-state index >= 15 is 0 Å². The summed E-state index contributed by atoms with van der Waals surface area (Å²) in [5.74, 6) is 1.71. The minimum atomic E-state index is -0.602. The molecule has 2 fully saturated rings. The lowest BCUT2D eigenvalue weighted by Gasteiger charge is -2.31. The van der Waals surface area contributed by atoms with Crippen molar-refractivity contribution in [1.82, 2.24) is 19.2 Å². The van der Waals surface area contributed by atoms with E-state index in [9.17, 15) is 9.59 Å².